The highest BCUT2D eigenvalue weighted by Crippen LogP contribution is 2.46. The summed E-state index contributed by atoms with van der Waals surface area (Å²) in [6.07, 6.45) is 10.0. The van der Waals surface area contributed by atoms with Gasteiger partial charge in [-0.05, 0) is 37.5 Å². The molecule has 124 valence electrons. The first kappa shape index (κ1) is 15.1. The Morgan fingerprint density at radius 2 is 1.96 bits per heavy atom. The second kappa shape index (κ2) is 5.89. The topological polar surface area (TPSA) is 50.5 Å². The van der Waals surface area contributed by atoms with Gasteiger partial charge in [0.2, 0.25) is 10.1 Å². The van der Waals surface area contributed by atoms with Crippen LogP contribution in [0.4, 0.5) is 5.13 Å². The molecule has 1 aliphatic carbocycles. The Hall–Kier alpha value is -1.43. The van der Waals surface area contributed by atoms with Crippen LogP contribution in [0, 0.1) is 5.41 Å². The van der Waals surface area contributed by atoms with Crippen LogP contribution in [0.1, 0.15) is 57.6 Å². The van der Waals surface area contributed by atoms with E-state index in [0.717, 1.165) is 41.7 Å². The van der Waals surface area contributed by atoms with Crippen molar-refractivity contribution in [2.45, 2.75) is 58.3 Å². The smallest absolute Gasteiger partial charge is 0.275 e. The summed E-state index contributed by atoms with van der Waals surface area (Å²) in [5.41, 5.74) is 1.44. The fraction of sp³-hybridized carbons (Fsp3) is 0.706. The van der Waals surface area contributed by atoms with Crippen molar-refractivity contribution in [1.82, 2.24) is 14.6 Å². The van der Waals surface area contributed by atoms with Crippen LogP contribution in [0.15, 0.2) is 10.9 Å². The van der Waals surface area contributed by atoms with Crippen LogP contribution in [-0.2, 0) is 6.42 Å². The third-order valence-corrected chi connectivity index (χ3v) is 6.52. The van der Waals surface area contributed by atoms with Gasteiger partial charge in [0.25, 0.3) is 5.56 Å². The van der Waals surface area contributed by atoms with E-state index in [1.807, 2.05) is 0 Å². The minimum atomic E-state index is -0.0507. The Morgan fingerprint density at radius 1 is 1.22 bits per heavy atom. The molecule has 5 nitrogen and oxygen atoms in total. The molecule has 2 aromatic rings. The summed E-state index contributed by atoms with van der Waals surface area (Å²) in [4.78, 5) is 19.9. The van der Waals surface area contributed by atoms with Crippen molar-refractivity contribution in [3.8, 4) is 0 Å². The number of anilines is 1. The van der Waals surface area contributed by atoms with Crippen LogP contribution in [-0.4, -0.2) is 27.7 Å². The monoisotopic (exact) mass is 332 g/mol. The number of aryl methyl sites for hydroxylation is 1. The van der Waals surface area contributed by atoms with Crippen molar-refractivity contribution in [1.29, 1.82) is 0 Å². The average Bonchev–Trinajstić information content (AvgIpc) is 3.16. The summed E-state index contributed by atoms with van der Waals surface area (Å²) < 4.78 is 1.47. The molecule has 1 aliphatic heterocycles. The number of hydrogen-bond donors (Lipinski definition) is 0. The molecule has 2 fully saturated rings. The van der Waals surface area contributed by atoms with Crippen molar-refractivity contribution < 1.29 is 0 Å². The largest absolute Gasteiger partial charge is 0.347 e. The van der Waals surface area contributed by atoms with Crippen LogP contribution < -0.4 is 10.5 Å². The Kier molecular flexibility index (Phi) is 3.87. The Bertz CT molecular complexity index is 750. The van der Waals surface area contributed by atoms with Crippen molar-refractivity contribution in [2.75, 3.05) is 18.0 Å². The summed E-state index contributed by atoms with van der Waals surface area (Å²) in [7, 11) is 0. The van der Waals surface area contributed by atoms with Crippen LogP contribution in [0.2, 0.25) is 0 Å². The minimum Gasteiger partial charge on any atom is -0.347 e. The highest BCUT2D eigenvalue weighted by Gasteiger charge is 2.37. The molecule has 2 aromatic heterocycles. The zero-order valence-corrected chi connectivity index (χ0v) is 14.6. The first-order valence-corrected chi connectivity index (χ1v) is 9.66. The lowest BCUT2D eigenvalue weighted by atomic mass is 9.77. The maximum absolute atomic E-state index is 12.2. The van der Waals surface area contributed by atoms with E-state index in [9.17, 15) is 4.79 Å². The van der Waals surface area contributed by atoms with Gasteiger partial charge in [-0.1, -0.05) is 37.5 Å². The SMILES string of the molecule is CCCc1cc(=O)n2nc(N3CCC4(CCCC4)CC3)sc2n1. The second-order valence-corrected chi connectivity index (χ2v) is 8.04. The molecule has 0 atom stereocenters. The van der Waals surface area contributed by atoms with Gasteiger partial charge < -0.3 is 4.90 Å². The van der Waals surface area contributed by atoms with Crippen molar-refractivity contribution in [3.63, 3.8) is 0 Å². The van der Waals surface area contributed by atoms with Gasteiger partial charge in [0.15, 0.2) is 0 Å². The van der Waals surface area contributed by atoms with E-state index in [-0.39, 0.29) is 5.56 Å². The quantitative estimate of drug-likeness (QED) is 0.865. The molecule has 4 rings (SSSR count). The maximum atomic E-state index is 12.2. The van der Waals surface area contributed by atoms with Gasteiger partial charge in [-0.3, -0.25) is 4.79 Å². The predicted octanol–water partition coefficient (Wildman–Crippen LogP) is 3.26. The Balaban J connectivity index is 1.57. The zero-order valence-electron chi connectivity index (χ0n) is 13.8. The number of rotatable bonds is 3. The third kappa shape index (κ3) is 2.77. The lowest BCUT2D eigenvalue weighted by Gasteiger charge is -2.39. The zero-order chi connectivity index (χ0) is 15.9. The number of hydrogen-bond acceptors (Lipinski definition) is 5. The molecule has 0 N–H and O–H groups in total. The lowest BCUT2D eigenvalue weighted by Crippen LogP contribution is -2.38. The van der Waals surface area contributed by atoms with Gasteiger partial charge >= 0.3 is 0 Å². The molecule has 1 saturated heterocycles. The highest BCUT2D eigenvalue weighted by molar-refractivity contribution is 7.20. The normalized spacial score (nSPS) is 20.7. The van der Waals surface area contributed by atoms with Crippen molar-refractivity contribution in [3.05, 3.63) is 22.1 Å². The number of fused-ring (bicyclic) bond motifs is 1. The van der Waals surface area contributed by atoms with Crippen LogP contribution in [0.25, 0.3) is 4.96 Å². The minimum absolute atomic E-state index is 0.0507. The van der Waals surface area contributed by atoms with E-state index >= 15 is 0 Å². The molecule has 1 saturated carbocycles. The summed E-state index contributed by atoms with van der Waals surface area (Å²) in [5.74, 6) is 0. The van der Waals surface area contributed by atoms with E-state index in [0.29, 0.717) is 5.41 Å². The molecule has 3 heterocycles. The summed E-state index contributed by atoms with van der Waals surface area (Å²) in [6.45, 7) is 4.24. The van der Waals surface area contributed by atoms with Gasteiger partial charge in [-0.2, -0.15) is 4.52 Å². The number of nitrogens with zero attached hydrogens (tertiary/aromatic N) is 4. The Labute approximate surface area is 140 Å². The van der Waals surface area contributed by atoms with Gasteiger partial charge in [-0.15, -0.1) is 5.10 Å². The molecule has 6 heteroatoms. The first-order valence-electron chi connectivity index (χ1n) is 8.84. The van der Waals surface area contributed by atoms with Crippen LogP contribution >= 0.6 is 11.3 Å². The fourth-order valence-electron chi connectivity index (χ4n) is 4.16. The molecule has 0 bridgehead atoms. The van der Waals surface area contributed by atoms with E-state index in [1.54, 1.807) is 17.4 Å². The molecule has 0 amide bonds. The van der Waals surface area contributed by atoms with Crippen molar-refractivity contribution in [2.24, 2.45) is 5.41 Å². The summed E-state index contributed by atoms with van der Waals surface area (Å²) in [6, 6.07) is 1.63. The second-order valence-electron chi connectivity index (χ2n) is 7.11. The van der Waals surface area contributed by atoms with Crippen LogP contribution in [0.5, 0.6) is 0 Å². The highest BCUT2D eigenvalue weighted by atomic mass is 32.1. The van der Waals surface area contributed by atoms with E-state index < -0.39 is 0 Å². The first-order chi connectivity index (χ1) is 11.2. The summed E-state index contributed by atoms with van der Waals surface area (Å²) >= 11 is 1.56. The number of aromatic nitrogens is 3. The predicted molar refractivity (Wildman–Crippen MR) is 93.5 cm³/mol. The number of piperidine rings is 1. The molecule has 1 spiro atoms. The Morgan fingerprint density at radius 3 is 2.65 bits per heavy atom. The van der Waals surface area contributed by atoms with Gasteiger partial charge in [0.05, 0.1) is 0 Å². The molecule has 2 aliphatic rings. The third-order valence-electron chi connectivity index (χ3n) is 5.55. The van der Waals surface area contributed by atoms with Crippen LogP contribution in [0.3, 0.4) is 0 Å². The molecule has 0 aromatic carbocycles. The van der Waals surface area contributed by atoms with Gasteiger partial charge in [0, 0.05) is 24.8 Å². The average molecular weight is 332 g/mol. The van der Waals surface area contributed by atoms with E-state index in [1.165, 1.54) is 43.0 Å². The molecule has 0 unspecified atom stereocenters. The van der Waals surface area contributed by atoms with E-state index in [2.05, 4.69) is 21.9 Å². The van der Waals surface area contributed by atoms with Gasteiger partial charge in [-0.25, -0.2) is 4.98 Å². The maximum Gasteiger partial charge on any atom is 0.275 e. The molecular formula is C17H24N4OS. The van der Waals surface area contributed by atoms with Crippen molar-refractivity contribution >= 4 is 21.4 Å². The van der Waals surface area contributed by atoms with E-state index in [4.69, 9.17) is 0 Å². The van der Waals surface area contributed by atoms with Gasteiger partial charge in [0.1, 0.15) is 0 Å². The standard InChI is InChI=1S/C17H24N4OS/c1-2-5-13-12-14(22)21-15(18-13)23-16(19-21)20-10-8-17(9-11-20)6-3-4-7-17/h12H,2-11H2,1H3. The summed E-state index contributed by atoms with van der Waals surface area (Å²) in [5, 5.41) is 5.49. The fourth-order valence-corrected chi connectivity index (χ4v) is 5.13. The molecule has 23 heavy (non-hydrogen) atoms. The lowest BCUT2D eigenvalue weighted by molar-refractivity contribution is 0.226. The molecule has 0 radical (unpaired) electrons. The molecular weight excluding hydrogens is 308 g/mol.